The van der Waals surface area contributed by atoms with Crippen LogP contribution in [0.15, 0.2) is 0 Å². The molecule has 4 atom stereocenters. The predicted octanol–water partition coefficient (Wildman–Crippen LogP) is 1.28. The standard InChI is InChI=1S/C17H29N3O2/c1-2-18-16(21)13-7-5-9-20(11-13)17(22)15-10-12-6-3-4-8-14(12)19-15/h12-15,19H,2-11H2,1H3,(H,18,21)/t12-,13-,14+,15+/m1/s1. The van der Waals surface area contributed by atoms with Crippen LogP contribution < -0.4 is 10.6 Å². The molecule has 0 aromatic heterocycles. The number of piperidine rings is 1. The fourth-order valence-electron chi connectivity index (χ4n) is 4.44. The summed E-state index contributed by atoms with van der Waals surface area (Å²) in [4.78, 5) is 26.8. The molecule has 3 aliphatic rings. The topological polar surface area (TPSA) is 61.4 Å². The van der Waals surface area contributed by atoms with E-state index >= 15 is 0 Å². The number of carbonyl (C=O) groups excluding carboxylic acids is 2. The average Bonchev–Trinajstić information content (AvgIpc) is 2.98. The molecule has 1 aliphatic carbocycles. The summed E-state index contributed by atoms with van der Waals surface area (Å²) in [7, 11) is 0. The zero-order chi connectivity index (χ0) is 15.5. The molecule has 5 heteroatoms. The maximum absolute atomic E-state index is 12.8. The monoisotopic (exact) mass is 307 g/mol. The predicted molar refractivity (Wildman–Crippen MR) is 85.3 cm³/mol. The number of hydrogen-bond acceptors (Lipinski definition) is 3. The van der Waals surface area contributed by atoms with E-state index < -0.39 is 0 Å². The molecule has 124 valence electrons. The summed E-state index contributed by atoms with van der Waals surface area (Å²) in [6.45, 7) is 4.01. The third-order valence-electron chi connectivity index (χ3n) is 5.62. The molecule has 0 bridgehead atoms. The zero-order valence-electron chi connectivity index (χ0n) is 13.6. The highest BCUT2D eigenvalue weighted by Gasteiger charge is 2.40. The first-order valence-corrected chi connectivity index (χ1v) is 9.01. The van der Waals surface area contributed by atoms with Gasteiger partial charge < -0.3 is 15.5 Å². The minimum absolute atomic E-state index is 0.0129. The first kappa shape index (κ1) is 15.8. The molecular weight excluding hydrogens is 278 g/mol. The van der Waals surface area contributed by atoms with Gasteiger partial charge in [-0.2, -0.15) is 0 Å². The van der Waals surface area contributed by atoms with Crippen LogP contribution >= 0.6 is 0 Å². The molecule has 2 amide bonds. The molecule has 0 radical (unpaired) electrons. The SMILES string of the molecule is CCNC(=O)[C@@H]1CCCN(C(=O)[C@@H]2C[C@H]3CCCC[C@@H]3N2)C1. The zero-order valence-corrected chi connectivity index (χ0v) is 13.6. The summed E-state index contributed by atoms with van der Waals surface area (Å²) in [5.74, 6) is 0.990. The second-order valence-electron chi connectivity index (χ2n) is 7.12. The Hall–Kier alpha value is -1.10. The lowest BCUT2D eigenvalue weighted by atomic mass is 9.85. The van der Waals surface area contributed by atoms with Crippen molar-refractivity contribution in [2.45, 2.75) is 64.0 Å². The molecule has 2 aliphatic heterocycles. The lowest BCUT2D eigenvalue weighted by Gasteiger charge is -2.33. The number of hydrogen-bond donors (Lipinski definition) is 2. The maximum Gasteiger partial charge on any atom is 0.239 e. The molecule has 0 unspecified atom stereocenters. The van der Waals surface area contributed by atoms with Crippen molar-refractivity contribution in [3.8, 4) is 0 Å². The highest BCUT2D eigenvalue weighted by atomic mass is 16.2. The van der Waals surface area contributed by atoms with Crippen LogP contribution in [-0.4, -0.2) is 48.4 Å². The number of carbonyl (C=O) groups is 2. The Morgan fingerprint density at radius 1 is 1.18 bits per heavy atom. The first-order chi connectivity index (χ1) is 10.7. The third kappa shape index (κ3) is 3.29. The van der Waals surface area contributed by atoms with Gasteiger partial charge in [0, 0.05) is 25.7 Å². The quantitative estimate of drug-likeness (QED) is 0.826. The van der Waals surface area contributed by atoms with Gasteiger partial charge in [0.15, 0.2) is 0 Å². The molecular formula is C17H29N3O2. The van der Waals surface area contributed by atoms with Crippen LogP contribution in [0.4, 0.5) is 0 Å². The number of nitrogens with zero attached hydrogens (tertiary/aromatic N) is 1. The van der Waals surface area contributed by atoms with Crippen LogP contribution in [0.2, 0.25) is 0 Å². The Kier molecular flexibility index (Phi) is 5.01. The van der Waals surface area contributed by atoms with Gasteiger partial charge in [-0.25, -0.2) is 0 Å². The highest BCUT2D eigenvalue weighted by molar-refractivity contribution is 5.84. The molecule has 5 nitrogen and oxygen atoms in total. The van der Waals surface area contributed by atoms with Crippen molar-refractivity contribution in [3.63, 3.8) is 0 Å². The fraction of sp³-hybridized carbons (Fsp3) is 0.882. The van der Waals surface area contributed by atoms with Gasteiger partial charge in [-0.3, -0.25) is 9.59 Å². The van der Waals surface area contributed by atoms with Crippen LogP contribution in [0.3, 0.4) is 0 Å². The smallest absolute Gasteiger partial charge is 0.239 e. The molecule has 2 saturated heterocycles. The van der Waals surface area contributed by atoms with Crippen molar-refractivity contribution in [1.29, 1.82) is 0 Å². The van der Waals surface area contributed by atoms with E-state index in [2.05, 4.69) is 10.6 Å². The van der Waals surface area contributed by atoms with Crippen LogP contribution in [0.1, 0.15) is 51.9 Å². The molecule has 22 heavy (non-hydrogen) atoms. The second kappa shape index (κ2) is 6.99. The van der Waals surface area contributed by atoms with E-state index in [1.807, 2.05) is 11.8 Å². The second-order valence-corrected chi connectivity index (χ2v) is 7.12. The summed E-state index contributed by atoms with van der Waals surface area (Å²) in [6.07, 6.45) is 7.92. The van der Waals surface area contributed by atoms with Crippen molar-refractivity contribution in [2.75, 3.05) is 19.6 Å². The van der Waals surface area contributed by atoms with E-state index in [0.717, 1.165) is 25.8 Å². The van der Waals surface area contributed by atoms with E-state index in [-0.39, 0.29) is 23.8 Å². The summed E-state index contributed by atoms with van der Waals surface area (Å²) in [5, 5.41) is 6.46. The van der Waals surface area contributed by atoms with Gasteiger partial charge in [0.1, 0.15) is 0 Å². The van der Waals surface area contributed by atoms with Crippen molar-refractivity contribution in [1.82, 2.24) is 15.5 Å². The highest BCUT2D eigenvalue weighted by Crippen LogP contribution is 2.34. The van der Waals surface area contributed by atoms with Crippen LogP contribution in [0.5, 0.6) is 0 Å². The fourth-order valence-corrected chi connectivity index (χ4v) is 4.44. The van der Waals surface area contributed by atoms with Crippen LogP contribution in [0.25, 0.3) is 0 Å². The Bertz CT molecular complexity index is 412. The minimum Gasteiger partial charge on any atom is -0.356 e. The van der Waals surface area contributed by atoms with Crippen molar-refractivity contribution < 1.29 is 9.59 Å². The molecule has 2 N–H and O–H groups in total. The van der Waals surface area contributed by atoms with E-state index in [1.165, 1.54) is 25.7 Å². The van der Waals surface area contributed by atoms with Gasteiger partial charge in [-0.1, -0.05) is 12.8 Å². The van der Waals surface area contributed by atoms with E-state index in [1.54, 1.807) is 0 Å². The number of rotatable bonds is 3. The van der Waals surface area contributed by atoms with Gasteiger partial charge in [0.05, 0.1) is 12.0 Å². The molecule has 1 saturated carbocycles. The molecule has 3 fully saturated rings. The lowest BCUT2D eigenvalue weighted by molar-refractivity contribution is -0.137. The first-order valence-electron chi connectivity index (χ1n) is 9.01. The summed E-state index contributed by atoms with van der Waals surface area (Å²) < 4.78 is 0. The molecule has 0 aromatic rings. The van der Waals surface area contributed by atoms with E-state index in [0.29, 0.717) is 25.0 Å². The van der Waals surface area contributed by atoms with Gasteiger partial charge >= 0.3 is 0 Å². The van der Waals surface area contributed by atoms with Gasteiger partial charge in [0.25, 0.3) is 0 Å². The van der Waals surface area contributed by atoms with Crippen molar-refractivity contribution in [3.05, 3.63) is 0 Å². The maximum atomic E-state index is 12.8. The normalized spacial score (nSPS) is 35.0. The third-order valence-corrected chi connectivity index (χ3v) is 5.62. The van der Waals surface area contributed by atoms with E-state index in [4.69, 9.17) is 0 Å². The number of amides is 2. The summed E-state index contributed by atoms with van der Waals surface area (Å²) in [6, 6.07) is 0.535. The summed E-state index contributed by atoms with van der Waals surface area (Å²) in [5.41, 5.74) is 0. The molecule has 3 rings (SSSR count). The van der Waals surface area contributed by atoms with Gasteiger partial charge in [0.2, 0.25) is 11.8 Å². The Balaban J connectivity index is 1.56. The van der Waals surface area contributed by atoms with Gasteiger partial charge in [-0.05, 0) is 44.9 Å². The lowest BCUT2D eigenvalue weighted by Crippen LogP contribution is -2.51. The van der Waals surface area contributed by atoms with Gasteiger partial charge in [-0.15, -0.1) is 0 Å². The average molecular weight is 307 g/mol. The summed E-state index contributed by atoms with van der Waals surface area (Å²) >= 11 is 0. The molecule has 0 aromatic carbocycles. The number of nitrogens with one attached hydrogen (secondary N) is 2. The number of fused-ring (bicyclic) bond motifs is 1. The Morgan fingerprint density at radius 2 is 2.00 bits per heavy atom. The van der Waals surface area contributed by atoms with Crippen LogP contribution in [-0.2, 0) is 9.59 Å². The Labute approximate surface area is 133 Å². The van der Waals surface area contributed by atoms with Crippen molar-refractivity contribution >= 4 is 11.8 Å². The molecule has 2 heterocycles. The largest absolute Gasteiger partial charge is 0.356 e. The number of likely N-dealkylation sites (tertiary alicyclic amines) is 1. The van der Waals surface area contributed by atoms with Crippen molar-refractivity contribution in [2.24, 2.45) is 11.8 Å². The minimum atomic E-state index is -0.0265. The molecule has 0 spiro atoms. The van der Waals surface area contributed by atoms with E-state index in [9.17, 15) is 9.59 Å². The Morgan fingerprint density at radius 3 is 2.77 bits per heavy atom. The van der Waals surface area contributed by atoms with Crippen LogP contribution in [0, 0.1) is 11.8 Å².